The van der Waals surface area contributed by atoms with Crippen molar-refractivity contribution in [2.75, 3.05) is 34.5 Å². The minimum atomic E-state index is -0.435. The summed E-state index contributed by atoms with van der Waals surface area (Å²) in [6.07, 6.45) is 3.86. The molecule has 0 aromatic rings. The van der Waals surface area contributed by atoms with Gasteiger partial charge in [-0.15, -0.1) is 0 Å². The zero-order valence-corrected chi connectivity index (χ0v) is 9.54. The number of rotatable bonds is 3. The van der Waals surface area contributed by atoms with E-state index in [0.29, 0.717) is 6.79 Å². The summed E-state index contributed by atoms with van der Waals surface area (Å²) in [5.41, 5.74) is -0.435. The molecule has 0 radical (unpaired) electrons. The van der Waals surface area contributed by atoms with Crippen LogP contribution in [0.1, 0.15) is 6.92 Å². The maximum absolute atomic E-state index is 5.45. The van der Waals surface area contributed by atoms with Crippen molar-refractivity contribution >= 4 is 0 Å². The number of quaternary nitrogens is 1. The van der Waals surface area contributed by atoms with E-state index in [1.54, 1.807) is 6.08 Å². The first kappa shape index (κ1) is 11.3. The molecular formula is C11H20NO2+. The molecule has 0 aromatic heterocycles. The zero-order valence-electron chi connectivity index (χ0n) is 9.54. The lowest BCUT2D eigenvalue weighted by molar-refractivity contribution is -0.864. The molecule has 1 heterocycles. The van der Waals surface area contributed by atoms with E-state index < -0.39 is 5.60 Å². The van der Waals surface area contributed by atoms with Crippen LogP contribution in [0.15, 0.2) is 24.5 Å². The Morgan fingerprint density at radius 1 is 1.50 bits per heavy atom. The van der Waals surface area contributed by atoms with Gasteiger partial charge in [0.1, 0.15) is 17.9 Å². The van der Waals surface area contributed by atoms with Crippen molar-refractivity contribution in [2.24, 2.45) is 0 Å². The minimum Gasteiger partial charge on any atom is -0.469 e. The molecule has 3 heteroatoms. The second-order valence-corrected chi connectivity index (χ2v) is 4.76. The van der Waals surface area contributed by atoms with Crippen LogP contribution in [0.4, 0.5) is 0 Å². The average molecular weight is 198 g/mol. The van der Waals surface area contributed by atoms with Crippen molar-refractivity contribution in [3.63, 3.8) is 0 Å². The van der Waals surface area contributed by atoms with Crippen LogP contribution >= 0.6 is 0 Å². The van der Waals surface area contributed by atoms with Crippen molar-refractivity contribution in [2.45, 2.75) is 12.5 Å². The summed E-state index contributed by atoms with van der Waals surface area (Å²) in [4.78, 5) is 0. The number of ether oxygens (including phenoxy) is 2. The fraction of sp³-hybridized carbons (Fsp3) is 0.636. The molecule has 0 amide bonds. The molecule has 1 aliphatic rings. The zero-order chi connectivity index (χ0) is 10.8. The lowest BCUT2D eigenvalue weighted by Crippen LogP contribution is -2.35. The van der Waals surface area contributed by atoms with Crippen LogP contribution in [-0.4, -0.2) is 44.6 Å². The number of likely N-dealkylation sites (N-methyl/N-ethyl adjacent to an activating group) is 1. The highest BCUT2D eigenvalue weighted by atomic mass is 16.7. The van der Waals surface area contributed by atoms with Gasteiger partial charge in [-0.25, -0.2) is 0 Å². The summed E-state index contributed by atoms with van der Waals surface area (Å²) in [5, 5.41) is 0. The summed E-state index contributed by atoms with van der Waals surface area (Å²) in [7, 11) is 6.41. The Kier molecular flexibility index (Phi) is 3.02. The highest BCUT2D eigenvalue weighted by molar-refractivity contribution is 5.19. The Hall–Kier alpha value is -0.800. The Morgan fingerprint density at radius 3 is 2.64 bits per heavy atom. The standard InChI is InChI=1S/C11H20NO2/c1-6-11(2)10(13-9-14-11)7-8-12(3,4)5/h6-7H,1,8-9H2,2-5H3/q+1. The second-order valence-electron chi connectivity index (χ2n) is 4.76. The molecule has 3 nitrogen and oxygen atoms in total. The molecule has 1 fully saturated rings. The largest absolute Gasteiger partial charge is 0.469 e. The summed E-state index contributed by atoms with van der Waals surface area (Å²) >= 11 is 0. The van der Waals surface area contributed by atoms with Crippen LogP contribution in [0, 0.1) is 0 Å². The summed E-state index contributed by atoms with van der Waals surface area (Å²) in [6.45, 7) is 6.97. The molecule has 1 atom stereocenters. The summed E-state index contributed by atoms with van der Waals surface area (Å²) in [5.74, 6) is 0.876. The highest BCUT2D eigenvalue weighted by Gasteiger charge is 2.34. The van der Waals surface area contributed by atoms with Crippen LogP contribution in [0.25, 0.3) is 0 Å². The summed E-state index contributed by atoms with van der Waals surface area (Å²) in [6, 6.07) is 0. The van der Waals surface area contributed by atoms with Crippen LogP contribution in [-0.2, 0) is 9.47 Å². The van der Waals surface area contributed by atoms with Gasteiger partial charge in [0.2, 0.25) is 0 Å². The van der Waals surface area contributed by atoms with Gasteiger partial charge in [0.05, 0.1) is 21.1 Å². The van der Waals surface area contributed by atoms with Crippen LogP contribution < -0.4 is 0 Å². The van der Waals surface area contributed by atoms with Gasteiger partial charge in [-0.1, -0.05) is 12.7 Å². The highest BCUT2D eigenvalue weighted by Crippen LogP contribution is 2.29. The topological polar surface area (TPSA) is 18.5 Å². The molecule has 0 aromatic carbocycles. The van der Waals surface area contributed by atoms with E-state index in [-0.39, 0.29) is 0 Å². The maximum atomic E-state index is 5.45. The molecule has 80 valence electrons. The van der Waals surface area contributed by atoms with Crippen molar-refractivity contribution in [3.8, 4) is 0 Å². The smallest absolute Gasteiger partial charge is 0.190 e. The number of hydrogen-bond acceptors (Lipinski definition) is 2. The monoisotopic (exact) mass is 198 g/mol. The van der Waals surface area contributed by atoms with Gasteiger partial charge < -0.3 is 14.0 Å². The Bertz CT molecular complexity index is 253. The molecule has 1 rings (SSSR count). The maximum Gasteiger partial charge on any atom is 0.190 e. The molecule has 0 saturated carbocycles. The average Bonchev–Trinajstić information content (AvgIpc) is 2.43. The molecule has 0 bridgehead atoms. The summed E-state index contributed by atoms with van der Waals surface area (Å²) < 4.78 is 11.7. The van der Waals surface area contributed by atoms with Gasteiger partial charge >= 0.3 is 0 Å². The van der Waals surface area contributed by atoms with Crippen LogP contribution in [0.3, 0.4) is 0 Å². The first-order chi connectivity index (χ1) is 6.37. The molecule has 1 saturated heterocycles. The van der Waals surface area contributed by atoms with E-state index in [9.17, 15) is 0 Å². The van der Waals surface area contributed by atoms with Gasteiger partial charge in [0.25, 0.3) is 0 Å². The number of nitrogens with zero attached hydrogens (tertiary/aromatic N) is 1. The van der Waals surface area contributed by atoms with E-state index >= 15 is 0 Å². The predicted octanol–water partition coefficient (Wildman–Crippen LogP) is 1.53. The van der Waals surface area contributed by atoms with Gasteiger partial charge in [-0.05, 0) is 6.92 Å². The molecule has 14 heavy (non-hydrogen) atoms. The lowest BCUT2D eigenvalue weighted by atomic mass is 10.0. The fourth-order valence-electron chi connectivity index (χ4n) is 1.21. The SMILES string of the molecule is C=CC1(C)OCOC1=CC[N+](C)(C)C. The molecule has 1 aliphatic heterocycles. The van der Waals surface area contributed by atoms with Crippen molar-refractivity contribution in [1.82, 2.24) is 0 Å². The van der Waals surface area contributed by atoms with E-state index in [0.717, 1.165) is 16.8 Å². The van der Waals surface area contributed by atoms with Crippen molar-refractivity contribution < 1.29 is 14.0 Å². The number of hydrogen-bond donors (Lipinski definition) is 0. The predicted molar refractivity (Wildman–Crippen MR) is 56.6 cm³/mol. The van der Waals surface area contributed by atoms with Gasteiger partial charge in [0.15, 0.2) is 6.79 Å². The molecule has 1 unspecified atom stereocenters. The van der Waals surface area contributed by atoms with E-state index in [2.05, 4.69) is 33.8 Å². The third-order valence-corrected chi connectivity index (χ3v) is 2.28. The first-order valence-corrected chi connectivity index (χ1v) is 4.79. The minimum absolute atomic E-state index is 0.325. The van der Waals surface area contributed by atoms with Gasteiger partial charge in [-0.3, -0.25) is 0 Å². The lowest BCUT2D eigenvalue weighted by Gasteiger charge is -2.23. The second kappa shape index (κ2) is 3.75. The van der Waals surface area contributed by atoms with Crippen molar-refractivity contribution in [3.05, 3.63) is 24.5 Å². The third-order valence-electron chi connectivity index (χ3n) is 2.28. The van der Waals surface area contributed by atoms with E-state index in [1.165, 1.54) is 0 Å². The Balaban J connectivity index is 2.72. The van der Waals surface area contributed by atoms with Gasteiger partial charge in [-0.2, -0.15) is 0 Å². The molecule has 0 spiro atoms. The first-order valence-electron chi connectivity index (χ1n) is 4.79. The fourth-order valence-corrected chi connectivity index (χ4v) is 1.21. The Morgan fingerprint density at radius 2 is 2.14 bits per heavy atom. The Labute approximate surface area is 86.2 Å². The van der Waals surface area contributed by atoms with Gasteiger partial charge in [0, 0.05) is 6.08 Å². The molecule has 0 aliphatic carbocycles. The molecule has 0 N–H and O–H groups in total. The third kappa shape index (κ3) is 2.59. The van der Waals surface area contributed by atoms with Crippen LogP contribution in [0.5, 0.6) is 0 Å². The van der Waals surface area contributed by atoms with E-state index in [1.807, 2.05) is 6.92 Å². The quantitative estimate of drug-likeness (QED) is 0.506. The normalized spacial score (nSPS) is 30.4. The van der Waals surface area contributed by atoms with Crippen molar-refractivity contribution in [1.29, 1.82) is 0 Å². The van der Waals surface area contributed by atoms with Crippen LogP contribution in [0.2, 0.25) is 0 Å². The molecular weight excluding hydrogens is 178 g/mol. The van der Waals surface area contributed by atoms with E-state index in [4.69, 9.17) is 9.47 Å².